The van der Waals surface area contributed by atoms with E-state index in [9.17, 15) is 9.18 Å². The van der Waals surface area contributed by atoms with Gasteiger partial charge in [0.15, 0.2) is 11.5 Å². The van der Waals surface area contributed by atoms with Gasteiger partial charge in [-0.15, -0.1) is 11.8 Å². The molecule has 1 amide bonds. The second-order valence-corrected chi connectivity index (χ2v) is 7.37. The van der Waals surface area contributed by atoms with Crippen LogP contribution in [-0.4, -0.2) is 36.8 Å². The lowest BCUT2D eigenvalue weighted by atomic mass is 10.2. The summed E-state index contributed by atoms with van der Waals surface area (Å²) in [5.41, 5.74) is 1.74. The molecule has 0 atom stereocenters. The van der Waals surface area contributed by atoms with E-state index in [0.29, 0.717) is 47.8 Å². The number of hydrogen-bond donors (Lipinski definition) is 0. The summed E-state index contributed by atoms with van der Waals surface area (Å²) in [4.78, 5) is 13.9. The Labute approximate surface area is 161 Å². The number of rotatable bonds is 6. The van der Waals surface area contributed by atoms with Gasteiger partial charge in [0.2, 0.25) is 5.91 Å². The van der Waals surface area contributed by atoms with Gasteiger partial charge >= 0.3 is 0 Å². The zero-order valence-corrected chi connectivity index (χ0v) is 15.9. The van der Waals surface area contributed by atoms with Gasteiger partial charge in [0.25, 0.3) is 0 Å². The van der Waals surface area contributed by atoms with Crippen LogP contribution in [0.3, 0.4) is 0 Å². The SMILES string of the molecule is CN(Cc1cccc(F)c1)C(=O)CSCc1cc(Cl)c2c(c1)OCCO2. The second kappa shape index (κ2) is 8.64. The van der Waals surface area contributed by atoms with Gasteiger partial charge in [-0.3, -0.25) is 4.79 Å². The van der Waals surface area contributed by atoms with Crippen molar-refractivity contribution in [2.75, 3.05) is 26.0 Å². The fourth-order valence-corrected chi connectivity index (χ4v) is 3.80. The lowest BCUT2D eigenvalue weighted by molar-refractivity contribution is -0.127. The molecule has 3 rings (SSSR count). The first kappa shape index (κ1) is 18.9. The van der Waals surface area contributed by atoms with Crippen molar-refractivity contribution in [3.05, 3.63) is 58.4 Å². The highest BCUT2D eigenvalue weighted by Gasteiger charge is 2.17. The van der Waals surface area contributed by atoms with E-state index < -0.39 is 0 Å². The average molecular weight is 396 g/mol. The highest BCUT2D eigenvalue weighted by atomic mass is 35.5. The van der Waals surface area contributed by atoms with Gasteiger partial charge < -0.3 is 14.4 Å². The average Bonchev–Trinajstić information content (AvgIpc) is 2.61. The summed E-state index contributed by atoms with van der Waals surface area (Å²) in [7, 11) is 1.72. The van der Waals surface area contributed by atoms with Crippen LogP contribution in [0.1, 0.15) is 11.1 Å². The van der Waals surface area contributed by atoms with Gasteiger partial charge in [-0.2, -0.15) is 0 Å². The van der Waals surface area contributed by atoms with E-state index in [1.807, 2.05) is 12.1 Å². The minimum absolute atomic E-state index is 0.0112. The first-order chi connectivity index (χ1) is 12.5. The number of carbonyl (C=O) groups excluding carboxylic acids is 1. The van der Waals surface area contributed by atoms with Crippen molar-refractivity contribution in [3.8, 4) is 11.5 Å². The zero-order valence-electron chi connectivity index (χ0n) is 14.3. The molecule has 0 saturated carbocycles. The van der Waals surface area contributed by atoms with E-state index in [4.69, 9.17) is 21.1 Å². The van der Waals surface area contributed by atoms with Crippen LogP contribution in [0.25, 0.3) is 0 Å². The summed E-state index contributed by atoms with van der Waals surface area (Å²) in [6.07, 6.45) is 0. The summed E-state index contributed by atoms with van der Waals surface area (Å²) >= 11 is 7.72. The Morgan fingerprint density at radius 1 is 1.23 bits per heavy atom. The topological polar surface area (TPSA) is 38.8 Å². The third kappa shape index (κ3) is 4.83. The Morgan fingerprint density at radius 2 is 2.04 bits per heavy atom. The summed E-state index contributed by atoms with van der Waals surface area (Å²) in [5, 5.41) is 0.521. The van der Waals surface area contributed by atoms with E-state index >= 15 is 0 Å². The molecule has 1 heterocycles. The van der Waals surface area contributed by atoms with E-state index in [1.165, 1.54) is 23.9 Å². The van der Waals surface area contributed by atoms with Crippen molar-refractivity contribution in [3.63, 3.8) is 0 Å². The molecule has 1 aliphatic rings. The quantitative estimate of drug-likeness (QED) is 0.736. The largest absolute Gasteiger partial charge is 0.486 e. The molecule has 0 unspecified atom stereocenters. The van der Waals surface area contributed by atoms with E-state index in [0.717, 1.165) is 11.1 Å². The minimum Gasteiger partial charge on any atom is -0.486 e. The molecule has 0 radical (unpaired) electrons. The van der Waals surface area contributed by atoms with Crippen LogP contribution in [-0.2, 0) is 17.1 Å². The van der Waals surface area contributed by atoms with Gasteiger partial charge in [-0.1, -0.05) is 23.7 Å². The highest BCUT2D eigenvalue weighted by molar-refractivity contribution is 7.99. The Hall–Kier alpha value is -1.92. The summed E-state index contributed by atoms with van der Waals surface area (Å²) in [6.45, 7) is 1.38. The Bertz CT molecular complexity index is 802. The number of hydrogen-bond acceptors (Lipinski definition) is 4. The number of fused-ring (bicyclic) bond motifs is 1. The number of carbonyl (C=O) groups is 1. The van der Waals surface area contributed by atoms with Gasteiger partial charge in [-0.25, -0.2) is 4.39 Å². The number of thioether (sulfide) groups is 1. The Morgan fingerprint density at radius 3 is 2.85 bits per heavy atom. The van der Waals surface area contributed by atoms with Crippen LogP contribution in [0, 0.1) is 5.82 Å². The van der Waals surface area contributed by atoms with Gasteiger partial charge in [0.1, 0.15) is 19.0 Å². The minimum atomic E-state index is -0.298. The van der Waals surface area contributed by atoms with Crippen molar-refractivity contribution < 1.29 is 18.7 Å². The first-order valence-electron chi connectivity index (χ1n) is 8.17. The molecular weight excluding hydrogens is 377 g/mol. The predicted molar refractivity (Wildman–Crippen MR) is 101 cm³/mol. The van der Waals surface area contributed by atoms with Gasteiger partial charge in [0.05, 0.1) is 10.8 Å². The molecule has 0 aliphatic carbocycles. The van der Waals surface area contributed by atoms with Crippen LogP contribution >= 0.6 is 23.4 Å². The zero-order chi connectivity index (χ0) is 18.5. The number of halogens is 2. The maximum Gasteiger partial charge on any atom is 0.232 e. The molecule has 4 nitrogen and oxygen atoms in total. The summed E-state index contributed by atoms with van der Waals surface area (Å²) in [6, 6.07) is 10.0. The molecule has 0 aromatic heterocycles. The predicted octanol–water partition coefficient (Wildman–Crippen LogP) is 4.14. The standard InChI is InChI=1S/C19H19ClFNO3S/c1-22(10-13-3-2-4-15(21)7-13)18(23)12-26-11-14-8-16(20)19-17(9-14)24-5-6-25-19/h2-4,7-9H,5-6,10-12H2,1H3. The van der Waals surface area contributed by atoms with Crippen molar-refractivity contribution in [2.24, 2.45) is 0 Å². The molecular formula is C19H19ClFNO3S. The van der Waals surface area contributed by atoms with Crippen LogP contribution in [0.5, 0.6) is 11.5 Å². The Balaban J connectivity index is 1.51. The van der Waals surface area contributed by atoms with Crippen LogP contribution < -0.4 is 9.47 Å². The van der Waals surface area contributed by atoms with E-state index in [2.05, 4.69) is 0 Å². The molecule has 0 spiro atoms. The van der Waals surface area contributed by atoms with E-state index in [-0.39, 0.29) is 11.7 Å². The van der Waals surface area contributed by atoms with Gasteiger partial charge in [-0.05, 0) is 35.4 Å². The molecule has 1 aliphatic heterocycles. The molecule has 0 saturated heterocycles. The normalized spacial score (nSPS) is 12.7. The maximum absolute atomic E-state index is 13.2. The lowest BCUT2D eigenvalue weighted by Gasteiger charge is -2.20. The molecule has 0 fully saturated rings. The molecule has 0 N–H and O–H groups in total. The summed E-state index contributed by atoms with van der Waals surface area (Å²) in [5.74, 6) is 1.89. The third-order valence-electron chi connectivity index (χ3n) is 3.89. The number of amides is 1. The first-order valence-corrected chi connectivity index (χ1v) is 9.70. The number of nitrogens with zero attached hydrogens (tertiary/aromatic N) is 1. The molecule has 0 bridgehead atoms. The van der Waals surface area contributed by atoms with Crippen molar-refractivity contribution in [1.29, 1.82) is 0 Å². The second-order valence-electron chi connectivity index (χ2n) is 5.97. The smallest absolute Gasteiger partial charge is 0.232 e. The fourth-order valence-electron chi connectivity index (χ4n) is 2.61. The highest BCUT2D eigenvalue weighted by Crippen LogP contribution is 2.39. The number of benzene rings is 2. The lowest BCUT2D eigenvalue weighted by Crippen LogP contribution is -2.27. The molecule has 138 valence electrons. The van der Waals surface area contributed by atoms with Crippen molar-refractivity contribution in [1.82, 2.24) is 4.90 Å². The maximum atomic E-state index is 13.2. The number of ether oxygens (including phenoxy) is 2. The fraction of sp³-hybridized carbons (Fsp3) is 0.316. The molecule has 2 aromatic carbocycles. The third-order valence-corrected chi connectivity index (χ3v) is 5.15. The van der Waals surface area contributed by atoms with Crippen LogP contribution in [0.15, 0.2) is 36.4 Å². The summed E-state index contributed by atoms with van der Waals surface area (Å²) < 4.78 is 24.3. The Kier molecular flexibility index (Phi) is 6.27. The van der Waals surface area contributed by atoms with Crippen molar-refractivity contribution >= 4 is 29.3 Å². The molecule has 2 aromatic rings. The van der Waals surface area contributed by atoms with Crippen molar-refractivity contribution in [2.45, 2.75) is 12.3 Å². The van der Waals surface area contributed by atoms with E-state index in [1.54, 1.807) is 24.1 Å². The molecule has 7 heteroatoms. The van der Waals surface area contributed by atoms with Crippen LogP contribution in [0.2, 0.25) is 5.02 Å². The van der Waals surface area contributed by atoms with Crippen LogP contribution in [0.4, 0.5) is 4.39 Å². The monoisotopic (exact) mass is 395 g/mol. The van der Waals surface area contributed by atoms with Gasteiger partial charge in [0, 0.05) is 19.3 Å². The molecule has 26 heavy (non-hydrogen) atoms.